The molecule has 0 radical (unpaired) electrons. The molecular formula is C9H10BrClF2N2. The van der Waals surface area contributed by atoms with Crippen molar-refractivity contribution in [2.45, 2.75) is 5.54 Å². The summed E-state index contributed by atoms with van der Waals surface area (Å²) in [5, 5.41) is 2.94. The third kappa shape index (κ3) is 2.01. The summed E-state index contributed by atoms with van der Waals surface area (Å²) in [5.41, 5.74) is 5.33. The Kier molecular flexibility index (Phi) is 3.71. The fourth-order valence-corrected chi connectivity index (χ4v) is 1.80. The molecule has 0 aromatic heterocycles. The standard InChI is InChI=1S/C9H9BrF2N2.ClH/c10-6-2-1-5(7(11)8(6)12)9(13)3-14-4-9;/h1-2,14H,3-4,13H2;1H. The van der Waals surface area contributed by atoms with Gasteiger partial charge in [0.1, 0.15) is 0 Å². The van der Waals surface area contributed by atoms with E-state index in [0.717, 1.165) is 0 Å². The smallest absolute Gasteiger partial charge is 0.173 e. The fraction of sp³-hybridized carbons (Fsp3) is 0.333. The van der Waals surface area contributed by atoms with Crippen LogP contribution in [0.4, 0.5) is 8.78 Å². The van der Waals surface area contributed by atoms with Gasteiger partial charge in [-0.25, -0.2) is 8.78 Å². The van der Waals surface area contributed by atoms with Gasteiger partial charge in [0, 0.05) is 18.7 Å². The average Bonchev–Trinajstić information content (AvgIpc) is 2.11. The zero-order chi connectivity index (χ0) is 10.3. The molecule has 0 bridgehead atoms. The molecule has 0 aliphatic carbocycles. The maximum Gasteiger partial charge on any atom is 0.173 e. The second-order valence-corrected chi connectivity index (χ2v) is 4.34. The molecule has 1 aliphatic rings. The van der Waals surface area contributed by atoms with Crippen LogP contribution in [0.3, 0.4) is 0 Å². The van der Waals surface area contributed by atoms with Crippen LogP contribution >= 0.6 is 28.3 Å². The van der Waals surface area contributed by atoms with E-state index in [9.17, 15) is 8.78 Å². The van der Waals surface area contributed by atoms with Crippen LogP contribution in [-0.2, 0) is 5.54 Å². The summed E-state index contributed by atoms with van der Waals surface area (Å²) in [6, 6.07) is 2.99. The van der Waals surface area contributed by atoms with Crippen LogP contribution in [0.2, 0.25) is 0 Å². The first kappa shape index (κ1) is 12.8. The summed E-state index contributed by atoms with van der Waals surface area (Å²) in [6.07, 6.45) is 0. The minimum atomic E-state index is -0.876. The number of hydrogen-bond donors (Lipinski definition) is 2. The van der Waals surface area contributed by atoms with Crippen molar-refractivity contribution in [3.05, 3.63) is 33.8 Å². The second-order valence-electron chi connectivity index (χ2n) is 3.48. The molecule has 1 aromatic carbocycles. The molecule has 1 aliphatic heterocycles. The van der Waals surface area contributed by atoms with Gasteiger partial charge in [0.25, 0.3) is 0 Å². The zero-order valence-corrected chi connectivity index (χ0v) is 10.1. The minimum absolute atomic E-state index is 0. The van der Waals surface area contributed by atoms with Crippen LogP contribution in [0.15, 0.2) is 16.6 Å². The monoisotopic (exact) mass is 298 g/mol. The van der Waals surface area contributed by atoms with Gasteiger partial charge >= 0.3 is 0 Å². The highest BCUT2D eigenvalue weighted by Crippen LogP contribution is 2.29. The molecule has 0 amide bonds. The molecule has 2 nitrogen and oxygen atoms in total. The van der Waals surface area contributed by atoms with Crippen LogP contribution in [0.5, 0.6) is 0 Å². The van der Waals surface area contributed by atoms with Gasteiger partial charge in [0.2, 0.25) is 0 Å². The lowest BCUT2D eigenvalue weighted by Crippen LogP contribution is -2.63. The molecule has 3 N–H and O–H groups in total. The first-order chi connectivity index (χ1) is 6.54. The molecule has 0 spiro atoms. The maximum absolute atomic E-state index is 13.5. The highest BCUT2D eigenvalue weighted by Gasteiger charge is 2.37. The Hall–Kier alpha value is -0.230. The number of benzene rings is 1. The Balaban J connectivity index is 0.00000112. The molecule has 2 rings (SSSR count). The van der Waals surface area contributed by atoms with E-state index in [2.05, 4.69) is 21.2 Å². The largest absolute Gasteiger partial charge is 0.319 e. The Morgan fingerprint density at radius 3 is 2.33 bits per heavy atom. The number of halogens is 4. The van der Waals surface area contributed by atoms with Crippen molar-refractivity contribution in [2.75, 3.05) is 13.1 Å². The normalized spacial score (nSPS) is 17.9. The predicted molar refractivity (Wildman–Crippen MR) is 60.0 cm³/mol. The van der Waals surface area contributed by atoms with Crippen molar-refractivity contribution < 1.29 is 8.78 Å². The van der Waals surface area contributed by atoms with Gasteiger partial charge < -0.3 is 11.1 Å². The van der Waals surface area contributed by atoms with E-state index >= 15 is 0 Å². The third-order valence-electron chi connectivity index (χ3n) is 2.45. The van der Waals surface area contributed by atoms with Crippen LogP contribution in [0.25, 0.3) is 0 Å². The van der Waals surface area contributed by atoms with E-state index < -0.39 is 17.2 Å². The average molecular weight is 300 g/mol. The molecule has 0 atom stereocenters. The highest BCUT2D eigenvalue weighted by atomic mass is 79.9. The summed E-state index contributed by atoms with van der Waals surface area (Å²) < 4.78 is 26.8. The molecule has 0 unspecified atom stereocenters. The number of nitrogens with one attached hydrogen (secondary N) is 1. The molecule has 1 aromatic rings. The summed E-state index contributed by atoms with van der Waals surface area (Å²) in [5.74, 6) is -1.73. The van der Waals surface area contributed by atoms with Crippen molar-refractivity contribution >= 4 is 28.3 Å². The van der Waals surface area contributed by atoms with Crippen LogP contribution < -0.4 is 11.1 Å². The fourth-order valence-electron chi connectivity index (χ4n) is 1.50. The van der Waals surface area contributed by atoms with Gasteiger partial charge in [0.05, 0.1) is 10.0 Å². The third-order valence-corrected chi connectivity index (χ3v) is 3.06. The van der Waals surface area contributed by atoms with Gasteiger partial charge in [0.15, 0.2) is 11.6 Å². The molecule has 84 valence electrons. The van der Waals surface area contributed by atoms with Crippen molar-refractivity contribution in [2.24, 2.45) is 5.73 Å². The molecule has 6 heteroatoms. The Labute approximate surface area is 101 Å². The highest BCUT2D eigenvalue weighted by molar-refractivity contribution is 9.10. The summed E-state index contributed by atoms with van der Waals surface area (Å²) in [7, 11) is 0. The van der Waals surface area contributed by atoms with Crippen molar-refractivity contribution in [1.29, 1.82) is 0 Å². The van der Waals surface area contributed by atoms with E-state index in [4.69, 9.17) is 5.73 Å². The van der Waals surface area contributed by atoms with Crippen LogP contribution in [0.1, 0.15) is 5.56 Å². The lowest BCUT2D eigenvalue weighted by Gasteiger charge is -2.39. The quantitative estimate of drug-likeness (QED) is 0.778. The van der Waals surface area contributed by atoms with Gasteiger partial charge in [-0.2, -0.15) is 0 Å². The molecule has 1 saturated heterocycles. The van der Waals surface area contributed by atoms with Crippen molar-refractivity contribution in [3.8, 4) is 0 Å². The van der Waals surface area contributed by atoms with Crippen LogP contribution in [-0.4, -0.2) is 13.1 Å². The topological polar surface area (TPSA) is 38.0 Å². The molecule has 1 fully saturated rings. The van der Waals surface area contributed by atoms with E-state index in [1.807, 2.05) is 0 Å². The van der Waals surface area contributed by atoms with Gasteiger partial charge in [-0.05, 0) is 22.0 Å². The summed E-state index contributed by atoms with van der Waals surface area (Å²) in [6.45, 7) is 0.954. The van der Waals surface area contributed by atoms with E-state index in [-0.39, 0.29) is 22.4 Å². The van der Waals surface area contributed by atoms with Gasteiger partial charge in [-0.15, -0.1) is 12.4 Å². The number of rotatable bonds is 1. The van der Waals surface area contributed by atoms with Crippen molar-refractivity contribution in [1.82, 2.24) is 5.32 Å². The van der Waals surface area contributed by atoms with E-state index in [1.54, 1.807) is 0 Å². The molecule has 1 heterocycles. The van der Waals surface area contributed by atoms with Gasteiger partial charge in [-0.3, -0.25) is 0 Å². The SMILES string of the molecule is Cl.NC1(c2ccc(Br)c(F)c2F)CNC1. The predicted octanol–water partition coefficient (Wildman–Crippen LogP) is 1.91. The number of hydrogen-bond acceptors (Lipinski definition) is 2. The first-order valence-electron chi connectivity index (χ1n) is 4.18. The number of nitrogens with two attached hydrogens (primary N) is 1. The van der Waals surface area contributed by atoms with Crippen LogP contribution in [0, 0.1) is 11.6 Å². The second kappa shape index (κ2) is 4.33. The van der Waals surface area contributed by atoms with Gasteiger partial charge in [-0.1, -0.05) is 6.07 Å². The lowest BCUT2D eigenvalue weighted by atomic mass is 9.85. The zero-order valence-electron chi connectivity index (χ0n) is 7.69. The maximum atomic E-state index is 13.5. The molecule has 15 heavy (non-hydrogen) atoms. The molecular weight excluding hydrogens is 289 g/mol. The Morgan fingerprint density at radius 2 is 1.87 bits per heavy atom. The van der Waals surface area contributed by atoms with E-state index in [1.165, 1.54) is 12.1 Å². The molecule has 0 saturated carbocycles. The Bertz CT molecular complexity index is 383. The summed E-state index contributed by atoms with van der Waals surface area (Å²) >= 11 is 2.92. The Morgan fingerprint density at radius 1 is 1.27 bits per heavy atom. The van der Waals surface area contributed by atoms with E-state index in [0.29, 0.717) is 13.1 Å². The first-order valence-corrected chi connectivity index (χ1v) is 4.97. The van der Waals surface area contributed by atoms with Crippen molar-refractivity contribution in [3.63, 3.8) is 0 Å². The lowest BCUT2D eigenvalue weighted by molar-refractivity contribution is 0.274. The summed E-state index contributed by atoms with van der Waals surface area (Å²) in [4.78, 5) is 0. The minimum Gasteiger partial charge on any atom is -0.319 e.